The molecule has 2 amide bonds. The summed E-state index contributed by atoms with van der Waals surface area (Å²) < 4.78 is 34.1. The predicted octanol–water partition coefficient (Wildman–Crippen LogP) is 4.61. The van der Waals surface area contributed by atoms with E-state index in [1.807, 2.05) is 43.0 Å². The van der Waals surface area contributed by atoms with Crippen LogP contribution in [0.3, 0.4) is 0 Å². The third-order valence-electron chi connectivity index (χ3n) is 6.70. The second kappa shape index (κ2) is 12.9. The Morgan fingerprint density at radius 1 is 1.10 bits per heavy atom. The van der Waals surface area contributed by atoms with Crippen LogP contribution in [0.1, 0.15) is 47.9 Å². The maximum Gasteiger partial charge on any atom is 0.243 e. The normalized spacial score (nSPS) is 15.3. The van der Waals surface area contributed by atoms with Crippen molar-refractivity contribution < 1.29 is 22.7 Å². The van der Waals surface area contributed by atoms with Gasteiger partial charge in [0, 0.05) is 43.8 Å². The van der Waals surface area contributed by atoms with Crippen molar-refractivity contribution in [3.63, 3.8) is 0 Å². The van der Waals surface area contributed by atoms with Gasteiger partial charge >= 0.3 is 0 Å². The molecular formula is C29H35N3O5S2. The number of nitrogens with zero attached hydrogens (tertiary/aromatic N) is 2. The molecule has 208 valence electrons. The van der Waals surface area contributed by atoms with Gasteiger partial charge in [0.1, 0.15) is 0 Å². The zero-order valence-electron chi connectivity index (χ0n) is 22.6. The van der Waals surface area contributed by atoms with E-state index >= 15 is 0 Å². The molecule has 10 heteroatoms. The average Bonchev–Trinajstić information content (AvgIpc) is 3.39. The summed E-state index contributed by atoms with van der Waals surface area (Å²) >= 11 is 1.69. The van der Waals surface area contributed by atoms with Crippen LogP contribution in [0, 0.1) is 6.92 Å². The lowest BCUT2D eigenvalue weighted by molar-refractivity contribution is -0.133. The molecule has 1 N–H and O–H groups in total. The first-order chi connectivity index (χ1) is 18.7. The van der Waals surface area contributed by atoms with Crippen molar-refractivity contribution in [1.82, 2.24) is 9.21 Å². The molecule has 1 atom stereocenters. The molecule has 4 rings (SSSR count). The summed E-state index contributed by atoms with van der Waals surface area (Å²) in [6.07, 6.45) is 1.20. The number of thiophene rings is 1. The molecule has 2 heterocycles. The molecular weight excluding hydrogens is 534 g/mol. The van der Waals surface area contributed by atoms with Gasteiger partial charge in [-0.25, -0.2) is 8.42 Å². The molecule has 39 heavy (non-hydrogen) atoms. The minimum Gasteiger partial charge on any atom is -0.382 e. The summed E-state index contributed by atoms with van der Waals surface area (Å²) in [5.74, 6) is -0.487. The Balaban J connectivity index is 1.61. The Labute approximate surface area is 234 Å². The summed E-state index contributed by atoms with van der Waals surface area (Å²) in [6.45, 7) is 6.62. The molecule has 3 aromatic rings. The van der Waals surface area contributed by atoms with Crippen LogP contribution in [0.4, 0.5) is 5.69 Å². The maximum atomic E-state index is 13.9. The highest BCUT2D eigenvalue weighted by atomic mass is 32.2. The molecule has 0 radical (unpaired) electrons. The molecule has 1 aromatic heterocycles. The monoisotopic (exact) mass is 569 g/mol. The second-order valence-corrected chi connectivity index (χ2v) is 12.5. The van der Waals surface area contributed by atoms with Crippen molar-refractivity contribution in [2.45, 2.75) is 44.6 Å². The fourth-order valence-electron chi connectivity index (χ4n) is 4.77. The first kappa shape index (κ1) is 28.9. The van der Waals surface area contributed by atoms with Crippen molar-refractivity contribution in [2.75, 3.05) is 38.2 Å². The van der Waals surface area contributed by atoms with Crippen molar-refractivity contribution in [3.05, 3.63) is 81.5 Å². The van der Waals surface area contributed by atoms with Crippen LogP contribution in [0.15, 0.2) is 64.9 Å². The number of anilines is 1. The summed E-state index contributed by atoms with van der Waals surface area (Å²) in [5.41, 5.74) is 3.74. The highest BCUT2D eigenvalue weighted by molar-refractivity contribution is 7.89. The van der Waals surface area contributed by atoms with Crippen molar-refractivity contribution >= 4 is 38.9 Å². The van der Waals surface area contributed by atoms with Crippen molar-refractivity contribution in [2.24, 2.45) is 0 Å². The molecule has 1 unspecified atom stereocenters. The molecule has 0 fully saturated rings. The van der Waals surface area contributed by atoms with Crippen LogP contribution in [0.2, 0.25) is 0 Å². The lowest BCUT2D eigenvalue weighted by Crippen LogP contribution is -2.47. The first-order valence-corrected chi connectivity index (χ1v) is 15.4. The van der Waals surface area contributed by atoms with Crippen LogP contribution in [-0.2, 0) is 30.8 Å². The zero-order valence-corrected chi connectivity index (χ0v) is 24.2. The highest BCUT2D eigenvalue weighted by Gasteiger charge is 2.35. The van der Waals surface area contributed by atoms with E-state index < -0.39 is 10.0 Å². The minimum absolute atomic E-state index is 0.0645. The van der Waals surface area contributed by atoms with Gasteiger partial charge < -0.3 is 15.0 Å². The van der Waals surface area contributed by atoms with Crippen LogP contribution in [0.25, 0.3) is 0 Å². The standard InChI is InChI=1S/C29H35N3O5S2/c1-4-37-18-5-16-31(39(35,36)25-12-10-24(11-13-25)30-22(3)33)20-28(34)32-17-14-27-26(15-19-38-27)29(32)23-8-6-21(2)7-9-23/h6-13,15,19,29H,4-5,14,16-18,20H2,1-3H3,(H,30,33). The molecule has 0 saturated carbocycles. The van der Waals surface area contributed by atoms with E-state index in [1.54, 1.807) is 23.5 Å². The number of nitrogens with one attached hydrogen (secondary N) is 1. The number of carbonyl (C=O) groups excluding carboxylic acids is 2. The van der Waals surface area contributed by atoms with E-state index in [2.05, 4.69) is 16.8 Å². The van der Waals surface area contributed by atoms with E-state index in [1.165, 1.54) is 28.2 Å². The molecule has 0 aliphatic carbocycles. The van der Waals surface area contributed by atoms with Gasteiger partial charge in [-0.1, -0.05) is 29.8 Å². The maximum absolute atomic E-state index is 13.9. The van der Waals surface area contributed by atoms with Crippen LogP contribution < -0.4 is 5.32 Å². The van der Waals surface area contributed by atoms with E-state index in [9.17, 15) is 18.0 Å². The summed E-state index contributed by atoms with van der Waals surface area (Å²) in [7, 11) is -3.98. The molecule has 0 saturated heterocycles. The van der Waals surface area contributed by atoms with Gasteiger partial charge in [0.2, 0.25) is 21.8 Å². The number of benzene rings is 2. The van der Waals surface area contributed by atoms with Gasteiger partial charge in [-0.15, -0.1) is 11.3 Å². The number of hydrogen-bond donors (Lipinski definition) is 1. The van der Waals surface area contributed by atoms with Gasteiger partial charge in [-0.05, 0) is 73.5 Å². The molecule has 1 aliphatic heterocycles. The number of fused-ring (bicyclic) bond motifs is 1. The second-order valence-electron chi connectivity index (χ2n) is 9.54. The van der Waals surface area contributed by atoms with Gasteiger partial charge in [0.05, 0.1) is 17.5 Å². The molecule has 8 nitrogen and oxygen atoms in total. The van der Waals surface area contributed by atoms with Crippen molar-refractivity contribution in [1.29, 1.82) is 0 Å². The average molecular weight is 570 g/mol. The summed E-state index contributed by atoms with van der Waals surface area (Å²) in [6, 6.07) is 16.0. The molecule has 1 aliphatic rings. The quantitative estimate of drug-likeness (QED) is 0.341. The lowest BCUT2D eigenvalue weighted by atomic mass is 9.92. The van der Waals surface area contributed by atoms with E-state index in [0.29, 0.717) is 31.9 Å². The SMILES string of the molecule is CCOCCCN(CC(=O)N1CCc2sccc2C1c1ccc(C)cc1)S(=O)(=O)c1ccc(NC(C)=O)cc1. The van der Waals surface area contributed by atoms with Crippen LogP contribution in [0.5, 0.6) is 0 Å². The summed E-state index contributed by atoms with van der Waals surface area (Å²) in [5, 5.41) is 4.69. The van der Waals surface area contributed by atoms with Crippen LogP contribution in [-0.4, -0.2) is 62.3 Å². The first-order valence-electron chi connectivity index (χ1n) is 13.1. The van der Waals surface area contributed by atoms with Gasteiger partial charge in [0.15, 0.2) is 0 Å². The number of aryl methyl sites for hydroxylation is 1. The minimum atomic E-state index is -3.98. The molecule has 0 bridgehead atoms. The van der Waals surface area contributed by atoms with Crippen molar-refractivity contribution in [3.8, 4) is 0 Å². The van der Waals surface area contributed by atoms with Gasteiger partial charge in [0.25, 0.3) is 0 Å². The third kappa shape index (κ3) is 6.94. The Morgan fingerprint density at radius 2 is 1.82 bits per heavy atom. The van der Waals surface area contributed by atoms with Gasteiger partial charge in [-0.2, -0.15) is 4.31 Å². The number of ether oxygens (including phenoxy) is 1. The predicted molar refractivity (Wildman–Crippen MR) is 153 cm³/mol. The zero-order chi connectivity index (χ0) is 28.0. The molecule has 0 spiro atoms. The third-order valence-corrected chi connectivity index (χ3v) is 9.56. The highest BCUT2D eigenvalue weighted by Crippen LogP contribution is 2.38. The van der Waals surface area contributed by atoms with E-state index in [0.717, 1.165) is 23.1 Å². The number of amides is 2. The fraction of sp³-hybridized carbons (Fsp3) is 0.379. The lowest BCUT2D eigenvalue weighted by Gasteiger charge is -2.37. The number of rotatable bonds is 11. The largest absolute Gasteiger partial charge is 0.382 e. The summed E-state index contributed by atoms with van der Waals surface area (Å²) in [4.78, 5) is 28.4. The van der Waals surface area contributed by atoms with E-state index in [4.69, 9.17) is 4.74 Å². The number of hydrogen-bond acceptors (Lipinski definition) is 6. The Hall–Kier alpha value is -3.05. The Morgan fingerprint density at radius 3 is 2.49 bits per heavy atom. The Bertz CT molecular complexity index is 1390. The Kier molecular flexibility index (Phi) is 9.55. The number of carbonyl (C=O) groups is 2. The molecule has 2 aromatic carbocycles. The van der Waals surface area contributed by atoms with Gasteiger partial charge in [-0.3, -0.25) is 9.59 Å². The fourth-order valence-corrected chi connectivity index (χ4v) is 7.10. The number of sulfonamides is 1. The topological polar surface area (TPSA) is 96.0 Å². The smallest absolute Gasteiger partial charge is 0.243 e. The van der Waals surface area contributed by atoms with E-state index in [-0.39, 0.29) is 35.8 Å². The van der Waals surface area contributed by atoms with Crippen LogP contribution >= 0.6 is 11.3 Å².